The van der Waals surface area contributed by atoms with Gasteiger partial charge in [0.25, 0.3) is 12.3 Å². The Morgan fingerprint density at radius 2 is 1.90 bits per heavy atom. The van der Waals surface area contributed by atoms with Crippen molar-refractivity contribution in [2.75, 3.05) is 49.6 Å². The molecule has 8 heterocycles. The Morgan fingerprint density at radius 1 is 1.06 bits per heavy atom. The number of alkyl halides is 2. The van der Waals surface area contributed by atoms with E-state index in [0.29, 0.717) is 43.3 Å². The Bertz CT molecular complexity index is 2580. The third kappa shape index (κ3) is 7.93. The van der Waals surface area contributed by atoms with Gasteiger partial charge in [0.15, 0.2) is 11.3 Å². The number of rotatable bonds is 10. The minimum absolute atomic E-state index is 0.000833. The van der Waals surface area contributed by atoms with Crippen LogP contribution < -0.4 is 15.5 Å². The van der Waals surface area contributed by atoms with Crippen molar-refractivity contribution in [3.05, 3.63) is 65.4 Å². The van der Waals surface area contributed by atoms with E-state index >= 15 is 0 Å². The Hall–Kier alpha value is -5.77. The lowest BCUT2D eigenvalue weighted by Crippen LogP contribution is -2.40. The van der Waals surface area contributed by atoms with Gasteiger partial charge in [0.1, 0.15) is 18.0 Å². The van der Waals surface area contributed by atoms with Crippen LogP contribution in [-0.2, 0) is 26.1 Å². The van der Waals surface area contributed by atoms with Crippen LogP contribution in [0.4, 0.5) is 20.3 Å². The first-order valence-electron chi connectivity index (χ1n) is 21.7. The fraction of sp³-hybridized carbons (Fsp3) is 0.523. The lowest BCUT2D eigenvalue weighted by atomic mass is 9.85. The summed E-state index contributed by atoms with van der Waals surface area (Å²) in [5.41, 5.74) is 2.44. The van der Waals surface area contributed by atoms with Crippen molar-refractivity contribution < 1.29 is 32.6 Å². The van der Waals surface area contributed by atoms with Gasteiger partial charge in [-0.15, -0.1) is 0 Å². The first kappa shape index (κ1) is 40.3. The normalized spacial score (nSPS) is 24.6. The highest BCUT2D eigenvalue weighted by Gasteiger charge is 2.40. The number of nitrogens with one attached hydrogen (secondary N) is 2. The molecule has 3 atom stereocenters. The SMILES string of the molecule is Cn1nc(C2CCC(=O)NC2=O)c2cccc(C#CCOC3CCN(CC4CCC(n5cc(NC(=O)c6cnn7ccc(N8C[C@H]9C[C@@H]8CO9)nc67)c(C(F)F)n5)CC4)CC3)c21. The van der Waals surface area contributed by atoms with E-state index < -0.39 is 23.9 Å². The number of carbonyl (C=O) groups is 3. The number of para-hydroxylation sites is 1. The molecule has 5 aromatic rings. The van der Waals surface area contributed by atoms with Gasteiger partial charge < -0.3 is 24.6 Å². The second-order valence-electron chi connectivity index (χ2n) is 17.3. The number of anilines is 2. The number of morpholine rings is 1. The maximum Gasteiger partial charge on any atom is 0.284 e. The summed E-state index contributed by atoms with van der Waals surface area (Å²) in [7, 11) is 1.84. The van der Waals surface area contributed by atoms with E-state index in [1.165, 1.54) is 10.7 Å². The van der Waals surface area contributed by atoms with Crippen molar-refractivity contribution >= 4 is 45.8 Å². The van der Waals surface area contributed by atoms with Crippen molar-refractivity contribution in [2.24, 2.45) is 13.0 Å². The highest BCUT2D eigenvalue weighted by atomic mass is 19.3. The number of benzene rings is 1. The molecule has 5 aliphatic rings. The van der Waals surface area contributed by atoms with Crippen LogP contribution in [0.25, 0.3) is 16.6 Å². The molecule has 2 bridgehead atoms. The van der Waals surface area contributed by atoms with Crippen molar-refractivity contribution in [3.8, 4) is 11.8 Å². The summed E-state index contributed by atoms with van der Waals surface area (Å²) in [6.45, 7) is 4.56. The molecule has 1 aliphatic carbocycles. The molecule has 1 saturated carbocycles. The second-order valence-corrected chi connectivity index (χ2v) is 17.3. The number of hydrogen-bond acceptors (Lipinski definition) is 11. The highest BCUT2D eigenvalue weighted by molar-refractivity contribution is 6.08. The molecule has 5 fully saturated rings. The fourth-order valence-electron chi connectivity index (χ4n) is 10.1. The van der Waals surface area contributed by atoms with Crippen molar-refractivity contribution in [2.45, 2.75) is 94.4 Å². The molecule has 4 aromatic heterocycles. The Kier molecular flexibility index (Phi) is 10.9. The number of nitrogens with zero attached hydrogens (tertiary/aromatic N) is 9. The van der Waals surface area contributed by atoms with Gasteiger partial charge in [-0.05, 0) is 69.4 Å². The van der Waals surface area contributed by atoms with E-state index in [1.807, 2.05) is 31.3 Å². The van der Waals surface area contributed by atoms with Gasteiger partial charge in [-0.2, -0.15) is 15.3 Å². The van der Waals surface area contributed by atoms with Gasteiger partial charge in [-0.1, -0.05) is 24.0 Å². The lowest BCUT2D eigenvalue weighted by Gasteiger charge is -2.36. The zero-order valence-electron chi connectivity index (χ0n) is 34.5. The molecule has 10 rings (SSSR count). The summed E-state index contributed by atoms with van der Waals surface area (Å²) in [4.78, 5) is 47.2. The number of halogens is 2. The Morgan fingerprint density at radius 3 is 2.66 bits per heavy atom. The molecule has 1 aromatic carbocycles. The molecule has 62 heavy (non-hydrogen) atoms. The lowest BCUT2D eigenvalue weighted by molar-refractivity contribution is -0.134. The molecule has 0 radical (unpaired) electrons. The number of fused-ring (bicyclic) bond motifs is 4. The van der Waals surface area contributed by atoms with Crippen LogP contribution in [-0.4, -0.2) is 114 Å². The van der Waals surface area contributed by atoms with Crippen LogP contribution >= 0.6 is 0 Å². The molecule has 4 saturated heterocycles. The zero-order valence-corrected chi connectivity index (χ0v) is 34.5. The van der Waals surface area contributed by atoms with Gasteiger partial charge in [0.05, 0.1) is 65.5 Å². The molecule has 324 valence electrons. The molecule has 2 N–H and O–H groups in total. The zero-order chi connectivity index (χ0) is 42.5. The van der Waals surface area contributed by atoms with E-state index in [0.717, 1.165) is 93.4 Å². The third-order valence-corrected chi connectivity index (χ3v) is 13.3. The minimum atomic E-state index is -2.85. The summed E-state index contributed by atoms with van der Waals surface area (Å²) in [6, 6.07) is 7.88. The van der Waals surface area contributed by atoms with Crippen LogP contribution in [0.3, 0.4) is 0 Å². The molecule has 3 amide bonds. The monoisotopic (exact) mass is 849 g/mol. The summed E-state index contributed by atoms with van der Waals surface area (Å²) in [5.74, 6) is 6.07. The first-order valence-corrected chi connectivity index (χ1v) is 21.7. The maximum absolute atomic E-state index is 14.3. The van der Waals surface area contributed by atoms with Gasteiger partial charge in [-0.3, -0.25) is 29.1 Å². The van der Waals surface area contributed by atoms with E-state index in [2.05, 4.69) is 47.6 Å². The van der Waals surface area contributed by atoms with Gasteiger partial charge in [-0.25, -0.2) is 18.3 Å². The van der Waals surface area contributed by atoms with Crippen molar-refractivity contribution in [1.29, 1.82) is 0 Å². The number of likely N-dealkylation sites (tertiary alicyclic amines) is 1. The van der Waals surface area contributed by atoms with E-state index in [9.17, 15) is 23.2 Å². The molecule has 1 unspecified atom stereocenters. The highest BCUT2D eigenvalue weighted by Crippen LogP contribution is 2.37. The minimum Gasteiger partial charge on any atom is -0.374 e. The number of imide groups is 1. The summed E-state index contributed by atoms with van der Waals surface area (Å²) >= 11 is 0. The largest absolute Gasteiger partial charge is 0.374 e. The number of aromatic nitrogens is 7. The first-order chi connectivity index (χ1) is 30.1. The third-order valence-electron chi connectivity index (χ3n) is 13.3. The summed E-state index contributed by atoms with van der Waals surface area (Å²) in [5, 5.41) is 19.2. The average molecular weight is 850 g/mol. The van der Waals surface area contributed by atoms with Crippen LogP contribution in [0.5, 0.6) is 0 Å². The van der Waals surface area contributed by atoms with Gasteiger partial charge in [0, 0.05) is 57.4 Å². The molecular formula is C44H49F2N11O5. The summed E-state index contributed by atoms with van der Waals surface area (Å²) in [6.07, 6.45) is 9.24. The maximum atomic E-state index is 14.3. The van der Waals surface area contributed by atoms with Crippen LogP contribution in [0.2, 0.25) is 0 Å². The Balaban J connectivity index is 0.695. The molecule has 18 heteroatoms. The van der Waals surface area contributed by atoms with Crippen molar-refractivity contribution in [3.63, 3.8) is 0 Å². The number of carbonyl (C=O) groups excluding carboxylic acids is 3. The number of ether oxygens (including phenoxy) is 2. The van der Waals surface area contributed by atoms with Gasteiger partial charge >= 0.3 is 0 Å². The summed E-state index contributed by atoms with van der Waals surface area (Å²) < 4.78 is 45.4. The smallest absolute Gasteiger partial charge is 0.284 e. The molecule has 0 spiro atoms. The van der Waals surface area contributed by atoms with E-state index in [1.54, 1.807) is 21.8 Å². The molecular weight excluding hydrogens is 801 g/mol. The number of hydrogen-bond donors (Lipinski definition) is 2. The predicted octanol–water partition coefficient (Wildman–Crippen LogP) is 4.76. The van der Waals surface area contributed by atoms with Crippen LogP contribution in [0.15, 0.2) is 42.9 Å². The van der Waals surface area contributed by atoms with Crippen LogP contribution in [0, 0.1) is 17.8 Å². The number of amides is 3. The van der Waals surface area contributed by atoms with E-state index in [-0.39, 0.29) is 47.4 Å². The second kappa shape index (κ2) is 16.8. The standard InChI is InChI=1S/C44H49F2N11O5/c1-53-40-27(4-2-6-32(40)38(51-53)33-11-12-37(58)50-43(33)59)5-3-19-61-30-13-16-54(17-14-30)22-26-7-9-28(10-8-26)57-24-35(39(52-57)41(45)46)48-44(60)34-21-47-56-18-15-36(49-42(34)56)55-23-31-20-29(55)25-62-31/h2,4,6,15,18,21,24,26,28-31,33,41H,7-14,16-17,19-20,22-23,25H2,1H3,(H,48,60)(H,50,58,59)/t26?,28?,29-,31-,33?/m1/s1. The van der Waals surface area contributed by atoms with Crippen molar-refractivity contribution in [1.82, 2.24) is 44.4 Å². The topological polar surface area (TPSA) is 166 Å². The Labute approximate surface area is 356 Å². The molecule has 4 aliphatic heterocycles. The fourth-order valence-corrected chi connectivity index (χ4v) is 10.1. The number of aryl methyl sites for hydroxylation is 1. The number of piperidine rings is 2. The average Bonchev–Trinajstić information content (AvgIpc) is 4.13. The quantitative estimate of drug-likeness (QED) is 0.147. The predicted molar refractivity (Wildman–Crippen MR) is 223 cm³/mol. The van der Waals surface area contributed by atoms with Crippen LogP contribution in [0.1, 0.15) is 103 Å². The van der Waals surface area contributed by atoms with Gasteiger partial charge in [0.2, 0.25) is 11.8 Å². The molecule has 16 nitrogen and oxygen atoms in total. The van der Waals surface area contributed by atoms with E-state index in [4.69, 9.17) is 14.5 Å².